The van der Waals surface area contributed by atoms with Crippen molar-refractivity contribution >= 4 is 17.6 Å². The van der Waals surface area contributed by atoms with Gasteiger partial charge < -0.3 is 16.6 Å². The molecular weight excluding hydrogens is 206 g/mol. The highest BCUT2D eigenvalue weighted by atomic mass is 35.5. The molecule has 0 amide bonds. The number of pyridine rings is 1. The van der Waals surface area contributed by atoms with Gasteiger partial charge in [-0.1, -0.05) is 11.6 Å². The summed E-state index contributed by atoms with van der Waals surface area (Å²) in [7, 11) is 0. The molecule has 14 heavy (non-hydrogen) atoms. The van der Waals surface area contributed by atoms with E-state index in [2.05, 4.69) is 4.98 Å². The maximum Gasteiger partial charge on any atom is 0.338 e. The van der Waals surface area contributed by atoms with Crippen LogP contribution < -0.4 is 11.5 Å². The van der Waals surface area contributed by atoms with Gasteiger partial charge in [0.15, 0.2) is 0 Å². The quantitative estimate of drug-likeness (QED) is 0.633. The first-order valence-corrected chi connectivity index (χ1v) is 4.28. The third-order valence-electron chi connectivity index (χ3n) is 1.77. The number of aromatic nitrogens is 1. The van der Waals surface area contributed by atoms with Crippen LogP contribution in [-0.4, -0.2) is 22.6 Å². The van der Waals surface area contributed by atoms with Crippen molar-refractivity contribution in [2.45, 2.75) is 6.04 Å². The number of hydrogen-bond donors (Lipinski definition) is 3. The van der Waals surface area contributed by atoms with Crippen LogP contribution >= 0.6 is 11.6 Å². The average Bonchev–Trinajstić information content (AvgIpc) is 2.17. The highest BCUT2D eigenvalue weighted by molar-refractivity contribution is 6.32. The summed E-state index contributed by atoms with van der Waals surface area (Å²) in [5.41, 5.74) is 11.4. The van der Waals surface area contributed by atoms with Gasteiger partial charge in [0.1, 0.15) is 5.15 Å². The van der Waals surface area contributed by atoms with E-state index in [9.17, 15) is 4.79 Å². The Morgan fingerprint density at radius 3 is 2.86 bits per heavy atom. The van der Waals surface area contributed by atoms with Gasteiger partial charge in [0.05, 0.1) is 5.56 Å². The molecule has 0 aliphatic carbocycles. The van der Waals surface area contributed by atoms with Crippen molar-refractivity contribution in [3.63, 3.8) is 0 Å². The highest BCUT2D eigenvalue weighted by Crippen LogP contribution is 2.17. The lowest BCUT2D eigenvalue weighted by molar-refractivity contribution is 0.0696. The molecule has 0 saturated heterocycles. The molecule has 0 fully saturated rings. The predicted octanol–water partition coefficient (Wildman–Crippen LogP) is 0.392. The molecule has 1 heterocycles. The Morgan fingerprint density at radius 1 is 1.71 bits per heavy atom. The van der Waals surface area contributed by atoms with Crippen molar-refractivity contribution in [2.24, 2.45) is 11.5 Å². The zero-order chi connectivity index (χ0) is 10.7. The van der Waals surface area contributed by atoms with Crippen LogP contribution in [0.4, 0.5) is 0 Å². The van der Waals surface area contributed by atoms with E-state index in [0.717, 1.165) is 0 Å². The van der Waals surface area contributed by atoms with Crippen molar-refractivity contribution in [2.75, 3.05) is 6.54 Å². The maximum absolute atomic E-state index is 10.7. The molecule has 1 rings (SSSR count). The van der Waals surface area contributed by atoms with Gasteiger partial charge >= 0.3 is 5.97 Å². The van der Waals surface area contributed by atoms with E-state index >= 15 is 0 Å². The van der Waals surface area contributed by atoms with Crippen LogP contribution in [0.3, 0.4) is 0 Å². The molecular formula is C8H10ClN3O2. The molecule has 0 aromatic carbocycles. The van der Waals surface area contributed by atoms with Crippen molar-refractivity contribution in [1.82, 2.24) is 4.98 Å². The summed E-state index contributed by atoms with van der Waals surface area (Å²) in [5, 5.41) is 8.70. The molecule has 0 bridgehead atoms. The molecule has 5 nitrogen and oxygen atoms in total. The Balaban J connectivity index is 3.12. The number of hydrogen-bond acceptors (Lipinski definition) is 4. The second kappa shape index (κ2) is 4.36. The molecule has 76 valence electrons. The van der Waals surface area contributed by atoms with Crippen LogP contribution in [0.1, 0.15) is 22.0 Å². The number of halogens is 1. The Hall–Kier alpha value is -1.17. The first kappa shape index (κ1) is 10.9. The van der Waals surface area contributed by atoms with Gasteiger partial charge in [-0.05, 0) is 11.6 Å². The Labute approximate surface area is 85.7 Å². The third kappa shape index (κ3) is 2.20. The summed E-state index contributed by atoms with van der Waals surface area (Å²) in [6.07, 6.45) is 1.42. The molecule has 6 heteroatoms. The summed E-state index contributed by atoms with van der Waals surface area (Å²) < 4.78 is 0. The van der Waals surface area contributed by atoms with Gasteiger partial charge in [0.2, 0.25) is 0 Å². The smallest absolute Gasteiger partial charge is 0.338 e. The minimum Gasteiger partial charge on any atom is -0.478 e. The van der Waals surface area contributed by atoms with Crippen LogP contribution in [0, 0.1) is 0 Å². The lowest BCUT2D eigenvalue weighted by Gasteiger charge is -2.09. The van der Waals surface area contributed by atoms with Crippen molar-refractivity contribution < 1.29 is 9.90 Å². The van der Waals surface area contributed by atoms with Crippen molar-refractivity contribution in [3.8, 4) is 0 Å². The molecule has 0 unspecified atom stereocenters. The fourth-order valence-corrected chi connectivity index (χ4v) is 1.14. The van der Waals surface area contributed by atoms with E-state index < -0.39 is 12.0 Å². The van der Waals surface area contributed by atoms with Gasteiger partial charge in [-0.2, -0.15) is 0 Å². The summed E-state index contributed by atoms with van der Waals surface area (Å²) in [5.74, 6) is -1.13. The van der Waals surface area contributed by atoms with Crippen LogP contribution in [0.15, 0.2) is 12.3 Å². The van der Waals surface area contributed by atoms with Crippen LogP contribution in [0.25, 0.3) is 0 Å². The summed E-state index contributed by atoms with van der Waals surface area (Å²) in [4.78, 5) is 14.4. The number of carboxylic acids is 1. The van der Waals surface area contributed by atoms with E-state index in [-0.39, 0.29) is 17.3 Å². The summed E-state index contributed by atoms with van der Waals surface area (Å²) >= 11 is 5.58. The van der Waals surface area contributed by atoms with E-state index in [4.69, 9.17) is 28.2 Å². The lowest BCUT2D eigenvalue weighted by atomic mass is 10.1. The first-order chi connectivity index (χ1) is 6.56. The van der Waals surface area contributed by atoms with Gasteiger partial charge in [-0.3, -0.25) is 0 Å². The number of carbonyl (C=O) groups is 1. The normalized spacial score (nSPS) is 12.5. The summed E-state index contributed by atoms with van der Waals surface area (Å²) in [6.45, 7) is 0.225. The predicted molar refractivity (Wildman–Crippen MR) is 52.2 cm³/mol. The van der Waals surface area contributed by atoms with Crippen LogP contribution in [0.2, 0.25) is 5.15 Å². The van der Waals surface area contributed by atoms with E-state index in [1.54, 1.807) is 0 Å². The zero-order valence-electron chi connectivity index (χ0n) is 7.27. The second-order valence-electron chi connectivity index (χ2n) is 2.75. The fourth-order valence-electron chi connectivity index (χ4n) is 0.953. The standard InChI is InChI=1S/C8H10ClN3O2/c9-7-5(8(13)14)1-4(3-12-7)6(11)2-10/h1,3,6H,2,10-11H2,(H,13,14)/t6-/m0/s1. The van der Waals surface area contributed by atoms with E-state index in [0.29, 0.717) is 5.56 Å². The molecule has 1 aromatic rings. The topological polar surface area (TPSA) is 102 Å². The van der Waals surface area contributed by atoms with Crippen molar-refractivity contribution in [1.29, 1.82) is 0 Å². The monoisotopic (exact) mass is 215 g/mol. The number of nitrogens with two attached hydrogens (primary N) is 2. The van der Waals surface area contributed by atoms with E-state index in [1.165, 1.54) is 12.3 Å². The number of rotatable bonds is 3. The van der Waals surface area contributed by atoms with Gasteiger partial charge in [-0.25, -0.2) is 9.78 Å². The van der Waals surface area contributed by atoms with Gasteiger partial charge in [0, 0.05) is 18.8 Å². The minimum atomic E-state index is -1.13. The lowest BCUT2D eigenvalue weighted by Crippen LogP contribution is -2.21. The minimum absolute atomic E-state index is 0.0505. The third-order valence-corrected chi connectivity index (χ3v) is 2.07. The molecule has 0 aliphatic rings. The molecule has 5 N–H and O–H groups in total. The Kier molecular flexibility index (Phi) is 3.40. The molecule has 1 atom stereocenters. The molecule has 0 radical (unpaired) electrons. The highest BCUT2D eigenvalue weighted by Gasteiger charge is 2.13. The van der Waals surface area contributed by atoms with Crippen molar-refractivity contribution in [3.05, 3.63) is 28.5 Å². The Bertz CT molecular complexity index is 356. The largest absolute Gasteiger partial charge is 0.478 e. The van der Waals surface area contributed by atoms with Crippen LogP contribution in [0.5, 0.6) is 0 Å². The zero-order valence-corrected chi connectivity index (χ0v) is 8.03. The maximum atomic E-state index is 10.7. The number of carboxylic acid groups (broad SMARTS) is 1. The summed E-state index contributed by atoms with van der Waals surface area (Å²) in [6, 6.07) is 0.965. The second-order valence-corrected chi connectivity index (χ2v) is 3.11. The fraction of sp³-hybridized carbons (Fsp3) is 0.250. The Morgan fingerprint density at radius 2 is 2.36 bits per heavy atom. The van der Waals surface area contributed by atoms with E-state index in [1.807, 2.05) is 0 Å². The molecule has 0 spiro atoms. The molecule has 1 aromatic heterocycles. The van der Waals surface area contributed by atoms with Gasteiger partial charge in [0.25, 0.3) is 0 Å². The average molecular weight is 216 g/mol. The molecule has 0 aliphatic heterocycles. The van der Waals surface area contributed by atoms with Crippen LogP contribution in [-0.2, 0) is 0 Å². The number of nitrogens with zero attached hydrogens (tertiary/aromatic N) is 1. The van der Waals surface area contributed by atoms with Gasteiger partial charge in [-0.15, -0.1) is 0 Å². The molecule has 0 saturated carbocycles. The SMILES string of the molecule is NC[C@H](N)c1cnc(Cl)c(C(=O)O)c1. The first-order valence-electron chi connectivity index (χ1n) is 3.90. The number of aromatic carboxylic acids is 1.